The zero-order valence-electron chi connectivity index (χ0n) is 31.0. The predicted molar refractivity (Wildman–Crippen MR) is 192 cm³/mol. The highest BCUT2D eigenvalue weighted by molar-refractivity contribution is 7.85. The van der Waals surface area contributed by atoms with Crippen LogP contribution in [0.15, 0.2) is 0 Å². The molecule has 1 heterocycles. The van der Waals surface area contributed by atoms with E-state index in [0.29, 0.717) is 12.8 Å². The fraction of sp³-hybridized carbons (Fsp3) is 0.946. The fourth-order valence-corrected chi connectivity index (χ4v) is 6.78. The van der Waals surface area contributed by atoms with Crippen molar-refractivity contribution in [2.45, 2.75) is 205 Å². The maximum Gasteiger partial charge on any atom is 0.306 e. The highest BCUT2D eigenvalue weighted by Gasteiger charge is 2.46. The highest BCUT2D eigenvalue weighted by Crippen LogP contribution is 2.24. The Morgan fingerprint density at radius 1 is 0.600 bits per heavy atom. The average molecular weight is 739 g/mol. The van der Waals surface area contributed by atoms with Crippen molar-refractivity contribution in [3.8, 4) is 0 Å². The van der Waals surface area contributed by atoms with Crippen LogP contribution in [-0.4, -0.2) is 96.0 Å². The minimum atomic E-state index is -4.59. The van der Waals surface area contributed by atoms with Crippen LogP contribution in [0.2, 0.25) is 0 Å². The summed E-state index contributed by atoms with van der Waals surface area (Å²) in [4.78, 5) is 25.2. The molecule has 12 nitrogen and oxygen atoms in total. The smallest absolute Gasteiger partial charge is 0.306 e. The predicted octanol–water partition coefficient (Wildman–Crippen LogP) is 6.56. The second-order valence-electron chi connectivity index (χ2n) is 14.0. The number of carbonyl (C=O) groups is 2. The molecule has 13 heteroatoms. The van der Waals surface area contributed by atoms with Gasteiger partial charge in [-0.2, -0.15) is 8.42 Å². The maximum atomic E-state index is 12.7. The number of esters is 2. The standard InChI is InChI=1S/C37H70O12S/c1-3-5-7-9-11-13-15-17-19-21-23-25-32(38)46-27-30(48-33(39)26-24-22-20-18-16-14-12-10-8-6-4-2)28-47-37-36(42)35(41)34(40)31(49-37)29-50(43,44)45/h30-31,34-37,40-42H,3-29H2,1-2H3,(H,43,44,45)/t30?,31-,34+,35+,36-,37+/m1/s1. The minimum absolute atomic E-state index is 0.171. The summed E-state index contributed by atoms with van der Waals surface area (Å²) in [6, 6.07) is 0. The van der Waals surface area contributed by atoms with Crippen LogP contribution in [0.25, 0.3) is 0 Å². The van der Waals surface area contributed by atoms with Crippen molar-refractivity contribution in [1.29, 1.82) is 0 Å². The first-order chi connectivity index (χ1) is 24.0. The highest BCUT2D eigenvalue weighted by atomic mass is 32.2. The van der Waals surface area contributed by atoms with Crippen LogP contribution >= 0.6 is 0 Å². The topological polar surface area (TPSA) is 186 Å². The average Bonchev–Trinajstić information content (AvgIpc) is 3.07. The van der Waals surface area contributed by atoms with Crippen molar-refractivity contribution in [2.75, 3.05) is 19.0 Å². The van der Waals surface area contributed by atoms with E-state index < -0.39 is 71.2 Å². The third kappa shape index (κ3) is 24.0. The van der Waals surface area contributed by atoms with Gasteiger partial charge in [0.25, 0.3) is 10.1 Å². The van der Waals surface area contributed by atoms with E-state index in [-0.39, 0.29) is 19.4 Å². The molecule has 0 saturated carbocycles. The molecule has 1 unspecified atom stereocenters. The molecule has 0 aliphatic carbocycles. The summed E-state index contributed by atoms with van der Waals surface area (Å²) < 4.78 is 53.8. The second kappa shape index (κ2) is 29.1. The zero-order valence-corrected chi connectivity index (χ0v) is 31.8. The Balaban J connectivity index is 2.52. The van der Waals surface area contributed by atoms with E-state index in [0.717, 1.165) is 38.5 Å². The van der Waals surface area contributed by atoms with Gasteiger partial charge in [0.05, 0.1) is 6.61 Å². The Morgan fingerprint density at radius 2 is 1.02 bits per heavy atom. The van der Waals surface area contributed by atoms with E-state index in [1.54, 1.807) is 0 Å². The van der Waals surface area contributed by atoms with E-state index in [1.807, 2.05) is 0 Å². The van der Waals surface area contributed by atoms with E-state index >= 15 is 0 Å². The van der Waals surface area contributed by atoms with Gasteiger partial charge in [0.15, 0.2) is 12.4 Å². The third-order valence-electron chi connectivity index (χ3n) is 9.19. The van der Waals surface area contributed by atoms with Crippen LogP contribution in [0.4, 0.5) is 0 Å². The van der Waals surface area contributed by atoms with Crippen LogP contribution in [0.3, 0.4) is 0 Å². The molecule has 6 atom stereocenters. The zero-order chi connectivity index (χ0) is 37.0. The maximum absolute atomic E-state index is 12.7. The Labute approximate surface area is 302 Å². The molecule has 0 amide bonds. The van der Waals surface area contributed by atoms with Gasteiger partial charge < -0.3 is 34.3 Å². The summed E-state index contributed by atoms with van der Waals surface area (Å²) >= 11 is 0. The van der Waals surface area contributed by atoms with Crippen LogP contribution in [0.1, 0.15) is 168 Å². The molecule has 0 aromatic rings. The van der Waals surface area contributed by atoms with Crippen LogP contribution in [-0.2, 0) is 38.7 Å². The number of hydrogen-bond acceptors (Lipinski definition) is 11. The third-order valence-corrected chi connectivity index (χ3v) is 9.94. The van der Waals surface area contributed by atoms with Gasteiger partial charge in [-0.1, -0.05) is 142 Å². The normalized spacial score (nSPS) is 21.6. The van der Waals surface area contributed by atoms with Gasteiger partial charge in [-0.05, 0) is 12.8 Å². The van der Waals surface area contributed by atoms with Gasteiger partial charge >= 0.3 is 11.9 Å². The Hall–Kier alpha value is -1.35. The van der Waals surface area contributed by atoms with E-state index in [1.165, 1.54) is 89.9 Å². The monoisotopic (exact) mass is 738 g/mol. The number of aliphatic hydroxyl groups is 3. The van der Waals surface area contributed by atoms with E-state index in [2.05, 4.69) is 13.8 Å². The number of aliphatic hydroxyl groups excluding tert-OH is 3. The summed E-state index contributed by atoms with van der Waals surface area (Å²) in [6.07, 6.45) is 15.9. The van der Waals surface area contributed by atoms with Crippen LogP contribution < -0.4 is 0 Å². The minimum Gasteiger partial charge on any atom is -0.462 e. The van der Waals surface area contributed by atoms with Gasteiger partial charge in [-0.15, -0.1) is 0 Å². The summed E-state index contributed by atoms with van der Waals surface area (Å²) in [5.74, 6) is -1.97. The molecule has 1 aliphatic rings. The molecule has 296 valence electrons. The molecule has 4 N–H and O–H groups in total. The van der Waals surface area contributed by atoms with E-state index in [9.17, 15) is 37.9 Å². The number of hydrogen-bond donors (Lipinski definition) is 4. The number of ether oxygens (including phenoxy) is 4. The molecular weight excluding hydrogens is 668 g/mol. The lowest BCUT2D eigenvalue weighted by atomic mass is 10.00. The van der Waals surface area contributed by atoms with Crippen LogP contribution in [0.5, 0.6) is 0 Å². The summed E-state index contributed by atoms with van der Waals surface area (Å²) in [5, 5.41) is 30.7. The molecule has 0 aromatic carbocycles. The van der Waals surface area contributed by atoms with Gasteiger partial charge in [0, 0.05) is 12.8 Å². The first-order valence-electron chi connectivity index (χ1n) is 19.6. The number of rotatable bonds is 32. The Morgan fingerprint density at radius 3 is 1.46 bits per heavy atom. The molecule has 0 spiro atoms. The van der Waals surface area contributed by atoms with Gasteiger partial charge in [0.1, 0.15) is 36.8 Å². The van der Waals surface area contributed by atoms with Crippen molar-refractivity contribution in [3.05, 3.63) is 0 Å². The molecule has 0 radical (unpaired) electrons. The molecule has 1 rings (SSSR count). The first kappa shape index (κ1) is 46.7. The van der Waals surface area contributed by atoms with Crippen molar-refractivity contribution in [3.63, 3.8) is 0 Å². The van der Waals surface area contributed by atoms with Crippen molar-refractivity contribution >= 4 is 22.1 Å². The fourth-order valence-electron chi connectivity index (χ4n) is 6.09. The lowest BCUT2D eigenvalue weighted by Gasteiger charge is -2.40. The van der Waals surface area contributed by atoms with Gasteiger partial charge in [-0.3, -0.25) is 14.1 Å². The number of carbonyl (C=O) groups excluding carboxylic acids is 2. The molecular formula is C37H70O12S. The van der Waals surface area contributed by atoms with Crippen molar-refractivity contribution in [2.24, 2.45) is 0 Å². The number of unbranched alkanes of at least 4 members (excludes halogenated alkanes) is 20. The summed E-state index contributed by atoms with van der Waals surface area (Å²) in [7, 11) is -4.59. The largest absolute Gasteiger partial charge is 0.462 e. The molecule has 1 saturated heterocycles. The lowest BCUT2D eigenvalue weighted by Crippen LogP contribution is -2.60. The SMILES string of the molecule is CCCCCCCCCCCCCC(=O)OCC(CO[C@H]1O[C@H](CS(=O)(=O)O)[C@H](O)[C@H](O)[C@H]1O)OC(=O)CCCCCCCCCCCCC. The Kier molecular flexibility index (Phi) is 27.2. The summed E-state index contributed by atoms with van der Waals surface area (Å²) in [6.45, 7) is 3.72. The first-order valence-corrected chi connectivity index (χ1v) is 21.2. The Bertz CT molecular complexity index is 962. The van der Waals surface area contributed by atoms with E-state index in [4.69, 9.17) is 18.9 Å². The molecule has 50 heavy (non-hydrogen) atoms. The quantitative estimate of drug-likeness (QED) is 0.0332. The summed E-state index contributed by atoms with van der Waals surface area (Å²) in [5.41, 5.74) is 0. The van der Waals surface area contributed by atoms with Crippen molar-refractivity contribution < 1.29 is 56.8 Å². The molecule has 0 aromatic heterocycles. The lowest BCUT2D eigenvalue weighted by molar-refractivity contribution is -0.297. The molecule has 1 aliphatic heterocycles. The molecule has 1 fully saturated rings. The van der Waals surface area contributed by atoms with Gasteiger partial charge in [-0.25, -0.2) is 0 Å². The van der Waals surface area contributed by atoms with Gasteiger partial charge in [0.2, 0.25) is 0 Å². The van der Waals surface area contributed by atoms with Crippen LogP contribution in [0, 0.1) is 0 Å². The second-order valence-corrected chi connectivity index (χ2v) is 15.5. The molecule has 0 bridgehead atoms. The van der Waals surface area contributed by atoms with Crippen molar-refractivity contribution in [1.82, 2.24) is 0 Å².